The van der Waals surface area contributed by atoms with E-state index in [1.807, 2.05) is 0 Å². The van der Waals surface area contributed by atoms with Crippen molar-refractivity contribution in [2.75, 3.05) is 27.7 Å². The number of hydrogen-bond acceptors (Lipinski definition) is 5. The summed E-state index contributed by atoms with van der Waals surface area (Å²) in [5.41, 5.74) is -0.0369. The molecular formula is C18H30IN5OS. The number of halogens is 1. The quantitative estimate of drug-likeness (QED) is 0.367. The van der Waals surface area contributed by atoms with Crippen molar-refractivity contribution in [2.24, 2.45) is 4.99 Å². The standard InChI is InChI=1S/C18H29N5OS.HI/c1-18(2,3)15-11-20-16(24-15)12-22-17(19-4)21-10-13(23(5)6)14-8-7-9-25-14;/h7-9,11,13H,10,12H2,1-6H3,(H2,19,21,22);1H. The Morgan fingerprint density at radius 2 is 2.08 bits per heavy atom. The van der Waals surface area contributed by atoms with Crippen LogP contribution >= 0.6 is 35.3 Å². The normalized spacial score (nSPS) is 13.4. The van der Waals surface area contributed by atoms with Gasteiger partial charge in [0.05, 0.1) is 18.8 Å². The number of oxazole rings is 1. The first-order chi connectivity index (χ1) is 11.8. The van der Waals surface area contributed by atoms with E-state index < -0.39 is 0 Å². The molecule has 0 bridgehead atoms. The third kappa shape index (κ3) is 6.55. The van der Waals surface area contributed by atoms with Gasteiger partial charge in [0, 0.05) is 23.9 Å². The van der Waals surface area contributed by atoms with Gasteiger partial charge in [-0.3, -0.25) is 4.99 Å². The molecule has 2 N–H and O–H groups in total. The number of nitrogens with zero attached hydrogens (tertiary/aromatic N) is 3. The van der Waals surface area contributed by atoms with Crippen LogP contribution in [0.5, 0.6) is 0 Å². The van der Waals surface area contributed by atoms with Crippen molar-refractivity contribution in [1.29, 1.82) is 0 Å². The van der Waals surface area contributed by atoms with Gasteiger partial charge in [0.15, 0.2) is 5.96 Å². The van der Waals surface area contributed by atoms with Crippen LogP contribution in [-0.2, 0) is 12.0 Å². The van der Waals surface area contributed by atoms with Crippen molar-refractivity contribution >= 4 is 41.3 Å². The SMILES string of the molecule is CN=C(NCc1ncc(C(C)(C)C)o1)NCC(c1cccs1)N(C)C.I. The Bertz CT molecular complexity index is 676. The number of rotatable bonds is 6. The molecule has 0 fully saturated rings. The third-order valence-electron chi connectivity index (χ3n) is 3.88. The molecule has 2 aromatic rings. The Hall–Kier alpha value is -1.13. The third-order valence-corrected chi connectivity index (χ3v) is 4.85. The van der Waals surface area contributed by atoms with Crippen LogP contribution in [0, 0.1) is 0 Å². The van der Waals surface area contributed by atoms with E-state index in [4.69, 9.17) is 4.42 Å². The van der Waals surface area contributed by atoms with Crippen molar-refractivity contribution in [3.8, 4) is 0 Å². The van der Waals surface area contributed by atoms with Gasteiger partial charge < -0.3 is 20.0 Å². The summed E-state index contributed by atoms with van der Waals surface area (Å²) in [6.07, 6.45) is 1.80. The van der Waals surface area contributed by atoms with Crippen molar-refractivity contribution in [1.82, 2.24) is 20.5 Å². The lowest BCUT2D eigenvalue weighted by Gasteiger charge is -2.24. The molecule has 1 unspecified atom stereocenters. The molecule has 1 atom stereocenters. The minimum absolute atomic E-state index is 0. The van der Waals surface area contributed by atoms with Crippen LogP contribution in [0.2, 0.25) is 0 Å². The highest BCUT2D eigenvalue weighted by Gasteiger charge is 2.19. The number of hydrogen-bond donors (Lipinski definition) is 2. The predicted molar refractivity (Wildman–Crippen MR) is 120 cm³/mol. The average molecular weight is 491 g/mol. The maximum Gasteiger partial charge on any atom is 0.213 e. The van der Waals surface area contributed by atoms with E-state index >= 15 is 0 Å². The van der Waals surface area contributed by atoms with Crippen LogP contribution in [0.1, 0.15) is 43.3 Å². The van der Waals surface area contributed by atoms with E-state index in [0.29, 0.717) is 18.5 Å². The summed E-state index contributed by atoms with van der Waals surface area (Å²) in [5.74, 6) is 2.28. The Morgan fingerprint density at radius 3 is 2.58 bits per heavy atom. The fraction of sp³-hybridized carbons (Fsp3) is 0.556. The molecule has 0 aliphatic rings. The van der Waals surface area contributed by atoms with Crippen LogP contribution in [0.15, 0.2) is 33.1 Å². The summed E-state index contributed by atoms with van der Waals surface area (Å²) in [4.78, 5) is 12.1. The molecule has 0 aliphatic heterocycles. The molecule has 8 heteroatoms. The van der Waals surface area contributed by atoms with E-state index in [2.05, 4.69) is 77.9 Å². The lowest BCUT2D eigenvalue weighted by molar-refractivity contribution is 0.302. The molecule has 2 heterocycles. The zero-order chi connectivity index (χ0) is 18.4. The fourth-order valence-corrected chi connectivity index (χ4v) is 3.25. The summed E-state index contributed by atoms with van der Waals surface area (Å²) < 4.78 is 5.80. The van der Waals surface area contributed by atoms with Gasteiger partial charge in [0.1, 0.15) is 5.76 Å². The molecule has 0 saturated carbocycles. The van der Waals surface area contributed by atoms with Gasteiger partial charge in [-0.2, -0.15) is 0 Å². The zero-order valence-electron chi connectivity index (χ0n) is 16.4. The molecule has 146 valence electrons. The monoisotopic (exact) mass is 491 g/mol. The zero-order valence-corrected chi connectivity index (χ0v) is 19.5. The molecule has 6 nitrogen and oxygen atoms in total. The molecule has 0 aromatic carbocycles. The van der Waals surface area contributed by atoms with Gasteiger partial charge in [-0.05, 0) is 25.5 Å². The van der Waals surface area contributed by atoms with Gasteiger partial charge in [-0.15, -0.1) is 35.3 Å². The second-order valence-electron chi connectivity index (χ2n) is 7.17. The van der Waals surface area contributed by atoms with Crippen molar-refractivity contribution < 1.29 is 4.42 Å². The summed E-state index contributed by atoms with van der Waals surface area (Å²) in [6.45, 7) is 7.60. The number of aromatic nitrogens is 1. The molecule has 2 aromatic heterocycles. The first kappa shape index (κ1) is 22.9. The Kier molecular flexibility index (Phi) is 9.05. The molecule has 26 heavy (non-hydrogen) atoms. The van der Waals surface area contributed by atoms with Crippen LogP contribution in [0.25, 0.3) is 0 Å². The Morgan fingerprint density at radius 1 is 1.35 bits per heavy atom. The highest BCUT2D eigenvalue weighted by atomic mass is 127. The van der Waals surface area contributed by atoms with Crippen molar-refractivity contribution in [2.45, 2.75) is 38.8 Å². The fourth-order valence-electron chi connectivity index (χ4n) is 2.33. The summed E-state index contributed by atoms with van der Waals surface area (Å²) in [6, 6.07) is 4.54. The van der Waals surface area contributed by atoms with Gasteiger partial charge in [0.2, 0.25) is 5.89 Å². The van der Waals surface area contributed by atoms with E-state index in [0.717, 1.165) is 18.3 Å². The molecule has 2 rings (SSSR count). The van der Waals surface area contributed by atoms with Crippen LogP contribution in [0.3, 0.4) is 0 Å². The largest absolute Gasteiger partial charge is 0.443 e. The van der Waals surface area contributed by atoms with Crippen LogP contribution < -0.4 is 10.6 Å². The van der Waals surface area contributed by atoms with E-state index in [-0.39, 0.29) is 29.4 Å². The molecule has 0 saturated heterocycles. The van der Waals surface area contributed by atoms with Crippen LogP contribution in [0.4, 0.5) is 0 Å². The number of nitrogens with one attached hydrogen (secondary N) is 2. The lowest BCUT2D eigenvalue weighted by Crippen LogP contribution is -2.41. The van der Waals surface area contributed by atoms with E-state index in [9.17, 15) is 0 Å². The summed E-state index contributed by atoms with van der Waals surface area (Å²) in [5, 5.41) is 8.74. The first-order valence-corrected chi connectivity index (χ1v) is 9.28. The lowest BCUT2D eigenvalue weighted by atomic mass is 9.94. The average Bonchev–Trinajstić information content (AvgIpc) is 3.21. The Labute approximate surface area is 177 Å². The van der Waals surface area contributed by atoms with Gasteiger partial charge in [-0.1, -0.05) is 26.8 Å². The highest BCUT2D eigenvalue weighted by Crippen LogP contribution is 2.23. The predicted octanol–water partition coefficient (Wildman–Crippen LogP) is 3.62. The number of aliphatic imine (C=N–C) groups is 1. The molecule has 0 radical (unpaired) electrons. The summed E-state index contributed by atoms with van der Waals surface area (Å²) >= 11 is 1.77. The highest BCUT2D eigenvalue weighted by molar-refractivity contribution is 14.0. The topological polar surface area (TPSA) is 65.7 Å². The smallest absolute Gasteiger partial charge is 0.213 e. The molecule has 0 amide bonds. The van der Waals surface area contributed by atoms with E-state index in [1.165, 1.54) is 4.88 Å². The number of likely N-dealkylation sites (N-methyl/N-ethyl adjacent to an activating group) is 1. The Balaban J connectivity index is 0.00000338. The maximum absolute atomic E-state index is 5.80. The minimum atomic E-state index is -0.0369. The minimum Gasteiger partial charge on any atom is -0.443 e. The van der Waals surface area contributed by atoms with Gasteiger partial charge in [0.25, 0.3) is 0 Å². The molecule has 0 spiro atoms. The maximum atomic E-state index is 5.80. The van der Waals surface area contributed by atoms with Gasteiger partial charge in [-0.25, -0.2) is 4.98 Å². The second-order valence-corrected chi connectivity index (χ2v) is 8.15. The number of thiophene rings is 1. The second kappa shape index (κ2) is 10.3. The number of guanidine groups is 1. The van der Waals surface area contributed by atoms with E-state index in [1.54, 1.807) is 24.6 Å². The van der Waals surface area contributed by atoms with Crippen molar-refractivity contribution in [3.63, 3.8) is 0 Å². The first-order valence-electron chi connectivity index (χ1n) is 8.40. The van der Waals surface area contributed by atoms with Gasteiger partial charge >= 0.3 is 0 Å². The summed E-state index contributed by atoms with van der Waals surface area (Å²) in [7, 11) is 5.94. The molecule has 0 aliphatic carbocycles. The van der Waals surface area contributed by atoms with Crippen molar-refractivity contribution in [3.05, 3.63) is 40.2 Å². The molecular weight excluding hydrogens is 461 g/mol. The van der Waals surface area contributed by atoms with Crippen LogP contribution in [-0.4, -0.2) is 43.5 Å².